The Bertz CT molecular complexity index is 1090. The number of likely N-dealkylation sites (tertiary alicyclic amines) is 1. The number of hydrogen-bond donors (Lipinski definition) is 2. The molecule has 1 aliphatic rings. The minimum absolute atomic E-state index is 0.845. The van der Waals surface area contributed by atoms with Crippen LogP contribution in [0.5, 0.6) is 0 Å². The first-order valence-corrected chi connectivity index (χ1v) is 9.91. The van der Waals surface area contributed by atoms with Crippen molar-refractivity contribution >= 4 is 32.5 Å². The van der Waals surface area contributed by atoms with Gasteiger partial charge in [-0.2, -0.15) is 5.10 Å². The van der Waals surface area contributed by atoms with Gasteiger partial charge in [0.15, 0.2) is 5.13 Å². The van der Waals surface area contributed by atoms with Crippen molar-refractivity contribution in [3.05, 3.63) is 54.0 Å². The summed E-state index contributed by atoms with van der Waals surface area (Å²) in [6, 6.07) is 10.5. The first-order chi connectivity index (χ1) is 13.2. The summed E-state index contributed by atoms with van der Waals surface area (Å²) in [4.78, 5) is 11.6. The molecule has 1 fully saturated rings. The number of aryl methyl sites for hydroxylation is 1. The summed E-state index contributed by atoms with van der Waals surface area (Å²) in [7, 11) is 0. The van der Waals surface area contributed by atoms with E-state index in [-0.39, 0.29) is 0 Å². The Morgan fingerprint density at radius 3 is 2.93 bits per heavy atom. The van der Waals surface area contributed by atoms with E-state index in [2.05, 4.69) is 55.7 Å². The lowest BCUT2D eigenvalue weighted by molar-refractivity contribution is 0.172. The average molecular weight is 376 g/mol. The van der Waals surface area contributed by atoms with Gasteiger partial charge in [-0.15, -0.1) is 0 Å². The largest absolute Gasteiger partial charge is 0.316 e. The number of pyridine rings is 1. The third-order valence-corrected chi connectivity index (χ3v) is 5.88. The van der Waals surface area contributed by atoms with E-state index in [1.807, 2.05) is 19.3 Å². The van der Waals surface area contributed by atoms with Gasteiger partial charge in [-0.1, -0.05) is 17.4 Å². The number of thiazole rings is 1. The number of hydrogen-bond acceptors (Lipinski definition) is 6. The van der Waals surface area contributed by atoms with Gasteiger partial charge in [0.05, 0.1) is 16.4 Å². The van der Waals surface area contributed by atoms with Crippen molar-refractivity contribution in [1.29, 1.82) is 0 Å². The molecular weight excluding hydrogens is 356 g/mol. The summed E-state index contributed by atoms with van der Waals surface area (Å²) in [6.45, 7) is 5.42. The number of aromatic nitrogens is 4. The van der Waals surface area contributed by atoms with Crippen molar-refractivity contribution in [3.63, 3.8) is 0 Å². The smallest absolute Gasteiger partial charge is 0.189 e. The molecule has 0 amide bonds. The van der Waals surface area contributed by atoms with E-state index in [4.69, 9.17) is 4.98 Å². The molecule has 6 nitrogen and oxygen atoms in total. The minimum atomic E-state index is 0.845. The number of anilines is 2. The molecule has 5 rings (SSSR count). The van der Waals surface area contributed by atoms with Crippen molar-refractivity contribution in [2.45, 2.75) is 19.9 Å². The van der Waals surface area contributed by atoms with Crippen LogP contribution in [0.15, 0.2) is 42.7 Å². The molecule has 0 spiro atoms. The van der Waals surface area contributed by atoms with Gasteiger partial charge in [0.2, 0.25) is 0 Å². The number of aromatic amines is 1. The average Bonchev–Trinajstić information content (AvgIpc) is 3.23. The number of nitrogens with zero attached hydrogens (tertiary/aromatic N) is 4. The molecular formula is C20H20N6S. The summed E-state index contributed by atoms with van der Waals surface area (Å²) in [5.41, 5.74) is 5.62. The molecule has 1 saturated heterocycles. The highest BCUT2D eigenvalue weighted by molar-refractivity contribution is 7.22. The van der Waals surface area contributed by atoms with E-state index in [0.29, 0.717) is 0 Å². The van der Waals surface area contributed by atoms with Crippen LogP contribution in [0.3, 0.4) is 0 Å². The normalized spacial score (nSPS) is 14.4. The summed E-state index contributed by atoms with van der Waals surface area (Å²) < 4.78 is 1.15. The van der Waals surface area contributed by atoms with Crippen molar-refractivity contribution in [1.82, 2.24) is 25.1 Å². The molecule has 136 valence electrons. The van der Waals surface area contributed by atoms with E-state index >= 15 is 0 Å². The molecule has 1 aromatic carbocycles. The Morgan fingerprint density at radius 2 is 2.15 bits per heavy atom. The molecule has 0 bridgehead atoms. The van der Waals surface area contributed by atoms with Crippen LogP contribution in [0.2, 0.25) is 0 Å². The fraction of sp³-hybridized carbons (Fsp3) is 0.250. The number of nitrogens with one attached hydrogen (secondary N) is 2. The first-order valence-electron chi connectivity index (χ1n) is 9.10. The lowest BCUT2D eigenvalue weighted by atomic mass is 10.1. The van der Waals surface area contributed by atoms with Crippen LogP contribution in [0.4, 0.5) is 10.9 Å². The third kappa shape index (κ3) is 3.31. The summed E-state index contributed by atoms with van der Waals surface area (Å²) >= 11 is 1.64. The van der Waals surface area contributed by atoms with E-state index in [9.17, 15) is 0 Å². The molecule has 4 aromatic rings. The molecule has 0 aliphatic carbocycles. The van der Waals surface area contributed by atoms with Crippen molar-refractivity contribution < 1.29 is 0 Å². The van der Waals surface area contributed by atoms with E-state index in [1.165, 1.54) is 25.1 Å². The second-order valence-corrected chi connectivity index (χ2v) is 7.94. The van der Waals surface area contributed by atoms with Gasteiger partial charge in [-0.3, -0.25) is 10.00 Å². The number of rotatable bonds is 5. The topological polar surface area (TPSA) is 69.7 Å². The Hall–Kier alpha value is -2.77. The zero-order chi connectivity index (χ0) is 18.2. The lowest BCUT2D eigenvalue weighted by Crippen LogP contribution is -2.36. The molecule has 1 aliphatic heterocycles. The number of benzene rings is 1. The van der Waals surface area contributed by atoms with Crippen molar-refractivity contribution in [3.8, 4) is 11.1 Å². The van der Waals surface area contributed by atoms with Crippen LogP contribution in [0.25, 0.3) is 21.3 Å². The highest BCUT2D eigenvalue weighted by Crippen LogP contribution is 2.32. The van der Waals surface area contributed by atoms with Crippen LogP contribution in [-0.4, -0.2) is 38.2 Å². The monoisotopic (exact) mass is 376 g/mol. The number of fused-ring (bicyclic) bond motifs is 1. The van der Waals surface area contributed by atoms with Crippen LogP contribution in [0, 0.1) is 6.92 Å². The van der Waals surface area contributed by atoms with E-state index in [1.54, 1.807) is 11.3 Å². The first kappa shape index (κ1) is 16.4. The maximum atomic E-state index is 4.70. The molecule has 7 heteroatoms. The van der Waals surface area contributed by atoms with Crippen LogP contribution >= 0.6 is 11.3 Å². The van der Waals surface area contributed by atoms with Gasteiger partial charge < -0.3 is 5.32 Å². The van der Waals surface area contributed by atoms with E-state index in [0.717, 1.165) is 44.5 Å². The summed E-state index contributed by atoms with van der Waals surface area (Å²) in [5, 5.41) is 11.3. The second-order valence-electron chi connectivity index (χ2n) is 6.91. The van der Waals surface area contributed by atoms with Crippen molar-refractivity contribution in [2.75, 3.05) is 18.4 Å². The third-order valence-electron chi connectivity index (χ3n) is 4.94. The van der Waals surface area contributed by atoms with Gasteiger partial charge in [0.1, 0.15) is 5.82 Å². The molecule has 0 unspecified atom stereocenters. The quantitative estimate of drug-likeness (QED) is 0.542. The van der Waals surface area contributed by atoms with Crippen molar-refractivity contribution in [2.24, 2.45) is 0 Å². The molecule has 4 heterocycles. The molecule has 27 heavy (non-hydrogen) atoms. The highest BCUT2D eigenvalue weighted by Gasteiger charge is 2.14. The maximum Gasteiger partial charge on any atom is 0.189 e. The molecule has 2 N–H and O–H groups in total. The van der Waals surface area contributed by atoms with Crippen LogP contribution in [-0.2, 0) is 6.54 Å². The highest BCUT2D eigenvalue weighted by atomic mass is 32.1. The zero-order valence-electron chi connectivity index (χ0n) is 15.1. The predicted molar refractivity (Wildman–Crippen MR) is 109 cm³/mol. The molecule has 0 radical (unpaired) electrons. The van der Waals surface area contributed by atoms with Gasteiger partial charge in [-0.25, -0.2) is 9.97 Å². The maximum absolute atomic E-state index is 4.70. The zero-order valence-corrected chi connectivity index (χ0v) is 15.9. The fourth-order valence-electron chi connectivity index (χ4n) is 3.34. The van der Waals surface area contributed by atoms with Gasteiger partial charge >= 0.3 is 0 Å². The second kappa shape index (κ2) is 6.75. The molecule has 3 aromatic heterocycles. The number of H-pyrrole nitrogens is 1. The Balaban J connectivity index is 1.39. The van der Waals surface area contributed by atoms with Gasteiger partial charge in [0, 0.05) is 24.0 Å². The summed E-state index contributed by atoms with van der Waals surface area (Å²) in [6.07, 6.45) is 5.04. The van der Waals surface area contributed by atoms with E-state index < -0.39 is 0 Å². The Labute approximate surface area is 161 Å². The SMILES string of the molecule is Cc1[nH]ncc1-c1ccc2nc(Nc3cc(CN4CCC4)ccn3)sc2c1. The fourth-order valence-corrected chi connectivity index (χ4v) is 4.25. The predicted octanol–water partition coefficient (Wildman–Crippen LogP) is 4.34. The molecule has 0 saturated carbocycles. The minimum Gasteiger partial charge on any atom is -0.316 e. The Morgan fingerprint density at radius 1 is 1.22 bits per heavy atom. The van der Waals surface area contributed by atoms with Crippen LogP contribution in [0.1, 0.15) is 17.7 Å². The van der Waals surface area contributed by atoms with Crippen LogP contribution < -0.4 is 5.32 Å². The van der Waals surface area contributed by atoms with Gasteiger partial charge in [0.25, 0.3) is 0 Å². The van der Waals surface area contributed by atoms with Gasteiger partial charge in [-0.05, 0) is 61.8 Å². The Kier molecular flexibility index (Phi) is 4.10. The standard InChI is InChI=1S/C20H20N6S/c1-13-16(11-22-25-13)15-3-4-17-18(10-15)27-20(23-17)24-19-9-14(5-6-21-19)12-26-7-2-8-26/h3-6,9-11H,2,7-8,12H2,1H3,(H,22,25)(H,21,23,24). The lowest BCUT2D eigenvalue weighted by Gasteiger charge is -2.30. The molecule has 0 atom stereocenters. The summed E-state index contributed by atoms with van der Waals surface area (Å²) in [5.74, 6) is 0.845.